The van der Waals surface area contributed by atoms with Gasteiger partial charge in [0.05, 0.1) is 22.3 Å². The fourth-order valence-corrected chi connectivity index (χ4v) is 4.71. The molecular weight excluding hydrogens is 510 g/mol. The van der Waals surface area contributed by atoms with Gasteiger partial charge < -0.3 is 4.74 Å². The van der Waals surface area contributed by atoms with Crippen molar-refractivity contribution < 1.29 is 43.1 Å². The van der Waals surface area contributed by atoms with Crippen LogP contribution in [0.5, 0.6) is 11.5 Å². The molecule has 0 unspecified atom stereocenters. The van der Waals surface area contributed by atoms with E-state index in [1.807, 2.05) is 0 Å². The lowest BCUT2D eigenvalue weighted by Gasteiger charge is -2.20. The Balaban J connectivity index is 1.20. The van der Waals surface area contributed by atoms with Crippen molar-refractivity contribution in [1.29, 1.82) is 0 Å². The fraction of sp³-hybridized carbons (Fsp3) is 0.111. The van der Waals surface area contributed by atoms with Crippen molar-refractivity contribution in [2.45, 2.75) is 0 Å². The van der Waals surface area contributed by atoms with E-state index in [1.165, 1.54) is 36.4 Å². The number of ether oxygens (including phenoxy) is 1. The van der Waals surface area contributed by atoms with Gasteiger partial charge in [0.1, 0.15) is 24.1 Å². The fourth-order valence-electron chi connectivity index (χ4n) is 4.71. The lowest BCUT2D eigenvalue weighted by atomic mass is 10.0. The zero-order valence-corrected chi connectivity index (χ0v) is 19.8. The molecule has 0 aromatic heterocycles. The smallest absolute Gasteiger partial charge is 0.263 e. The summed E-state index contributed by atoms with van der Waals surface area (Å²) in [7, 11) is 0. The predicted octanol–water partition coefficient (Wildman–Crippen LogP) is 0.878. The van der Waals surface area contributed by atoms with Crippen LogP contribution in [0.1, 0.15) is 41.4 Å². The highest BCUT2D eigenvalue weighted by Gasteiger charge is 2.41. The van der Waals surface area contributed by atoms with Gasteiger partial charge in [-0.05, 0) is 48.6 Å². The number of hydrogen-bond acceptors (Lipinski definition) is 9. The molecule has 12 heteroatoms. The maximum Gasteiger partial charge on any atom is 0.263 e. The first-order valence-electron chi connectivity index (χ1n) is 11.6. The number of nitrogens with zero attached hydrogens (tertiary/aromatic N) is 3. The van der Waals surface area contributed by atoms with Crippen molar-refractivity contribution in [3.8, 4) is 11.5 Å². The van der Waals surface area contributed by atoms with Crippen molar-refractivity contribution in [3.63, 3.8) is 0 Å². The van der Waals surface area contributed by atoms with Crippen LogP contribution in [0, 0.1) is 5.92 Å². The second-order valence-electron chi connectivity index (χ2n) is 9.05. The molecule has 0 bridgehead atoms. The summed E-state index contributed by atoms with van der Waals surface area (Å²) in [5, 5.41) is 0. The second-order valence-corrected chi connectivity index (χ2v) is 9.05. The molecular formula is C27H15N3O9. The van der Waals surface area contributed by atoms with Crippen LogP contribution < -0.4 is 4.74 Å². The molecule has 0 fully saturated rings. The Morgan fingerprint density at radius 1 is 0.538 bits per heavy atom. The van der Waals surface area contributed by atoms with Gasteiger partial charge in [-0.15, -0.1) is 0 Å². The highest BCUT2D eigenvalue weighted by molar-refractivity contribution is 6.24. The summed E-state index contributed by atoms with van der Waals surface area (Å²) in [6.07, 6.45) is 4.33. The van der Waals surface area contributed by atoms with E-state index < -0.39 is 59.6 Å². The second kappa shape index (κ2) is 8.52. The Morgan fingerprint density at radius 2 is 1.00 bits per heavy atom. The normalized spacial score (nSPS) is 18.4. The van der Waals surface area contributed by atoms with Gasteiger partial charge in [0.15, 0.2) is 11.6 Å². The summed E-state index contributed by atoms with van der Waals surface area (Å²) in [5.74, 6) is -5.75. The first kappa shape index (κ1) is 23.9. The molecule has 0 N–H and O–H groups in total. The van der Waals surface area contributed by atoms with Gasteiger partial charge in [-0.2, -0.15) is 0 Å². The van der Waals surface area contributed by atoms with E-state index in [1.54, 1.807) is 0 Å². The number of hydrogen-bond donors (Lipinski definition) is 0. The van der Waals surface area contributed by atoms with Crippen LogP contribution in [0.3, 0.4) is 0 Å². The van der Waals surface area contributed by atoms with Crippen molar-refractivity contribution in [2.75, 3.05) is 13.2 Å². The molecule has 0 atom stereocenters. The summed E-state index contributed by atoms with van der Waals surface area (Å²) in [5.41, 5.74) is 0.178. The number of rotatable bonds is 6. The quantitative estimate of drug-likeness (QED) is 0.395. The minimum atomic E-state index is -1.12. The lowest BCUT2D eigenvalue weighted by Crippen LogP contribution is -2.43. The minimum Gasteiger partial charge on any atom is -0.457 e. The van der Waals surface area contributed by atoms with Gasteiger partial charge in [-0.1, -0.05) is 0 Å². The summed E-state index contributed by atoms with van der Waals surface area (Å²) < 4.78 is 5.79. The van der Waals surface area contributed by atoms with Crippen molar-refractivity contribution in [1.82, 2.24) is 14.7 Å². The number of allylic oxidation sites excluding steroid dienone is 2. The molecule has 3 aliphatic heterocycles. The highest BCUT2D eigenvalue weighted by Crippen LogP contribution is 2.33. The van der Waals surface area contributed by atoms with Crippen molar-refractivity contribution >= 4 is 47.0 Å². The molecule has 0 spiro atoms. The average Bonchev–Trinajstić information content (AvgIpc) is 3.56. The molecule has 0 radical (unpaired) electrons. The third kappa shape index (κ3) is 3.69. The topological polar surface area (TPSA) is 156 Å². The Kier molecular flexibility index (Phi) is 5.21. The summed E-state index contributed by atoms with van der Waals surface area (Å²) in [6, 6.07) is 8.26. The number of fused-ring (bicyclic) bond motifs is 2. The molecule has 2 aromatic carbocycles. The Bertz CT molecular complexity index is 1510. The molecule has 6 rings (SSSR count). The van der Waals surface area contributed by atoms with Gasteiger partial charge in [0, 0.05) is 18.7 Å². The van der Waals surface area contributed by atoms with Crippen LogP contribution in [0.2, 0.25) is 0 Å². The summed E-state index contributed by atoms with van der Waals surface area (Å²) in [6.45, 7) is -0.895. The van der Waals surface area contributed by atoms with Crippen molar-refractivity contribution in [3.05, 3.63) is 83.0 Å². The Morgan fingerprint density at radius 3 is 1.54 bits per heavy atom. The first-order chi connectivity index (χ1) is 18.6. The summed E-state index contributed by atoms with van der Waals surface area (Å²) in [4.78, 5) is 101. The maximum atomic E-state index is 12.9. The molecule has 0 saturated heterocycles. The van der Waals surface area contributed by atoms with Crippen LogP contribution in [-0.4, -0.2) is 74.9 Å². The molecule has 6 amide bonds. The van der Waals surface area contributed by atoms with E-state index in [0.29, 0.717) is 0 Å². The number of benzene rings is 2. The number of ketones is 2. The first-order valence-corrected chi connectivity index (χ1v) is 11.6. The number of carbonyl (C=O) groups excluding carboxylic acids is 8. The van der Waals surface area contributed by atoms with Gasteiger partial charge >= 0.3 is 0 Å². The number of imide groups is 3. The Labute approximate surface area is 218 Å². The van der Waals surface area contributed by atoms with E-state index in [-0.39, 0.29) is 40.3 Å². The third-order valence-corrected chi connectivity index (χ3v) is 6.77. The third-order valence-electron chi connectivity index (χ3n) is 6.77. The molecule has 3 heterocycles. The highest BCUT2D eigenvalue weighted by atomic mass is 16.5. The lowest BCUT2D eigenvalue weighted by molar-refractivity contribution is -0.138. The van der Waals surface area contributed by atoms with Crippen LogP contribution in [0.4, 0.5) is 0 Å². The number of carbonyl (C=O) groups is 8. The standard InChI is InChI=1S/C27H15N3O9/c31-20-5-6-21(32)19(20)11-28-24(35)15-3-1-13(9-17(15)26(28)37)39-14-2-4-16-18(10-14)27(38)30(25(16)36)12-29-22(33)7-8-23(29)34/h1-10,19H,11-12H2. The van der Waals surface area contributed by atoms with E-state index in [2.05, 4.69) is 0 Å². The molecule has 12 nitrogen and oxygen atoms in total. The van der Waals surface area contributed by atoms with Gasteiger partial charge in [0.25, 0.3) is 35.4 Å². The van der Waals surface area contributed by atoms with Crippen LogP contribution in [0.15, 0.2) is 60.7 Å². The zero-order valence-electron chi connectivity index (χ0n) is 19.8. The molecule has 0 saturated carbocycles. The maximum absolute atomic E-state index is 12.9. The van der Waals surface area contributed by atoms with E-state index in [0.717, 1.165) is 39.0 Å². The van der Waals surface area contributed by atoms with Crippen LogP contribution in [-0.2, 0) is 19.2 Å². The summed E-state index contributed by atoms with van der Waals surface area (Å²) >= 11 is 0. The molecule has 1 aliphatic carbocycles. The average molecular weight is 525 g/mol. The molecule has 39 heavy (non-hydrogen) atoms. The van der Waals surface area contributed by atoms with Gasteiger partial charge in [-0.25, -0.2) is 0 Å². The van der Waals surface area contributed by atoms with Crippen LogP contribution in [0.25, 0.3) is 0 Å². The van der Waals surface area contributed by atoms with Gasteiger partial charge in [-0.3, -0.25) is 53.1 Å². The van der Waals surface area contributed by atoms with Crippen molar-refractivity contribution in [2.24, 2.45) is 5.92 Å². The van der Waals surface area contributed by atoms with E-state index >= 15 is 0 Å². The SMILES string of the molecule is O=C1C=CC(=O)C1CN1C(=O)c2ccc(Oc3ccc4c(c3)C(=O)N(CN3C(=O)C=CC3=O)C4=O)cc2C1=O. The molecule has 2 aromatic rings. The van der Waals surface area contributed by atoms with Gasteiger partial charge in [0.2, 0.25) is 0 Å². The van der Waals surface area contributed by atoms with Crippen LogP contribution >= 0.6 is 0 Å². The molecule has 4 aliphatic rings. The Hall–Kier alpha value is -5.52. The van der Waals surface area contributed by atoms with E-state index in [4.69, 9.17) is 4.74 Å². The zero-order chi connectivity index (χ0) is 27.6. The monoisotopic (exact) mass is 525 g/mol. The number of amides is 6. The van der Waals surface area contributed by atoms with E-state index in [9.17, 15) is 38.4 Å². The predicted molar refractivity (Wildman–Crippen MR) is 127 cm³/mol. The minimum absolute atomic E-state index is 0.00245. The molecule has 192 valence electrons. The largest absolute Gasteiger partial charge is 0.457 e.